The number of carbonyl (C=O) groups excluding carboxylic acids is 2. The zero-order valence-electron chi connectivity index (χ0n) is 15.2. The molecule has 0 aliphatic rings. The highest BCUT2D eigenvalue weighted by atomic mass is 35.5. The lowest BCUT2D eigenvalue weighted by Gasteiger charge is -2.19. The Morgan fingerprint density at radius 1 is 0.857 bits per heavy atom. The molecule has 28 heavy (non-hydrogen) atoms. The van der Waals surface area contributed by atoms with Crippen molar-refractivity contribution < 1.29 is 14.3 Å². The van der Waals surface area contributed by atoms with Gasteiger partial charge in [-0.05, 0) is 23.3 Å². The Labute approximate surface area is 169 Å². The molecule has 3 aromatic rings. The molecule has 0 aliphatic carbocycles. The van der Waals surface area contributed by atoms with Crippen LogP contribution in [-0.4, -0.2) is 11.9 Å². The standard InChI is InChI=1S/C23H20ClNO3/c24-20-13-11-18(12-14-20)21(15-22(26)19-9-5-2-6-10-19)25-23(27)28-16-17-7-3-1-4-8-17/h1-14,21H,15-16H2,(H,25,27). The van der Waals surface area contributed by atoms with Crippen LogP contribution in [0.3, 0.4) is 0 Å². The lowest BCUT2D eigenvalue weighted by atomic mass is 9.98. The van der Waals surface area contributed by atoms with Gasteiger partial charge in [0.2, 0.25) is 0 Å². The molecule has 0 aromatic heterocycles. The van der Waals surface area contributed by atoms with Crippen LogP contribution in [0.5, 0.6) is 0 Å². The summed E-state index contributed by atoms with van der Waals surface area (Å²) in [5.74, 6) is -0.0658. The van der Waals surface area contributed by atoms with Gasteiger partial charge in [0, 0.05) is 17.0 Å². The first kappa shape index (κ1) is 19.6. The fraction of sp³-hybridized carbons (Fsp3) is 0.130. The summed E-state index contributed by atoms with van der Waals surface area (Å²) in [5.41, 5.74) is 2.27. The number of ether oxygens (including phenoxy) is 1. The second-order valence-electron chi connectivity index (χ2n) is 6.30. The molecule has 3 rings (SSSR count). The molecule has 0 bridgehead atoms. The van der Waals surface area contributed by atoms with Crippen LogP contribution >= 0.6 is 11.6 Å². The summed E-state index contributed by atoms with van der Waals surface area (Å²) >= 11 is 5.96. The van der Waals surface area contributed by atoms with Gasteiger partial charge in [-0.2, -0.15) is 0 Å². The fourth-order valence-corrected chi connectivity index (χ4v) is 2.91. The highest BCUT2D eigenvalue weighted by Crippen LogP contribution is 2.22. The van der Waals surface area contributed by atoms with Crippen LogP contribution in [0.1, 0.15) is 33.9 Å². The predicted octanol–water partition coefficient (Wildman–Crippen LogP) is 5.58. The van der Waals surface area contributed by atoms with E-state index in [0.717, 1.165) is 11.1 Å². The molecule has 3 aromatic carbocycles. The zero-order chi connectivity index (χ0) is 19.8. The maximum Gasteiger partial charge on any atom is 0.407 e. The van der Waals surface area contributed by atoms with Crippen LogP contribution < -0.4 is 5.32 Å². The van der Waals surface area contributed by atoms with Crippen LogP contribution in [0.25, 0.3) is 0 Å². The van der Waals surface area contributed by atoms with Crippen molar-refractivity contribution in [3.63, 3.8) is 0 Å². The molecule has 4 nitrogen and oxygen atoms in total. The van der Waals surface area contributed by atoms with E-state index in [-0.39, 0.29) is 18.8 Å². The van der Waals surface area contributed by atoms with E-state index in [1.54, 1.807) is 36.4 Å². The molecular formula is C23H20ClNO3. The minimum Gasteiger partial charge on any atom is -0.445 e. The summed E-state index contributed by atoms with van der Waals surface area (Å²) in [6.45, 7) is 0.159. The number of hydrogen-bond donors (Lipinski definition) is 1. The maximum absolute atomic E-state index is 12.6. The van der Waals surface area contributed by atoms with Gasteiger partial charge in [-0.1, -0.05) is 84.4 Å². The van der Waals surface area contributed by atoms with E-state index in [9.17, 15) is 9.59 Å². The summed E-state index contributed by atoms with van der Waals surface area (Å²) in [5, 5.41) is 3.39. The van der Waals surface area contributed by atoms with Crippen molar-refractivity contribution in [3.8, 4) is 0 Å². The van der Waals surface area contributed by atoms with Gasteiger partial charge < -0.3 is 10.1 Å². The summed E-state index contributed by atoms with van der Waals surface area (Å²) in [6, 6.07) is 24.9. The number of benzene rings is 3. The number of carbonyl (C=O) groups is 2. The fourth-order valence-electron chi connectivity index (χ4n) is 2.78. The molecule has 0 spiro atoms. The van der Waals surface area contributed by atoms with Gasteiger partial charge in [0.1, 0.15) is 6.61 Å². The highest BCUT2D eigenvalue weighted by molar-refractivity contribution is 6.30. The van der Waals surface area contributed by atoms with Gasteiger partial charge in [0.25, 0.3) is 0 Å². The number of rotatable bonds is 7. The topological polar surface area (TPSA) is 55.4 Å². The normalized spacial score (nSPS) is 11.5. The van der Waals surface area contributed by atoms with E-state index in [1.807, 2.05) is 48.5 Å². The minimum atomic E-state index is -0.579. The average molecular weight is 394 g/mol. The molecule has 1 N–H and O–H groups in total. The second-order valence-corrected chi connectivity index (χ2v) is 6.74. The number of halogens is 1. The van der Waals surface area contributed by atoms with Crippen LogP contribution in [-0.2, 0) is 11.3 Å². The van der Waals surface area contributed by atoms with Crippen LogP contribution in [0.4, 0.5) is 4.79 Å². The second kappa shape index (κ2) is 9.72. The molecule has 0 fully saturated rings. The van der Waals surface area contributed by atoms with E-state index < -0.39 is 12.1 Å². The molecule has 1 amide bonds. The SMILES string of the molecule is O=C(NC(CC(=O)c1ccccc1)c1ccc(Cl)cc1)OCc1ccccc1. The van der Waals surface area contributed by atoms with E-state index in [1.165, 1.54) is 0 Å². The van der Waals surface area contributed by atoms with Crippen molar-refractivity contribution in [3.05, 3.63) is 107 Å². The molecule has 5 heteroatoms. The number of amides is 1. The summed E-state index contributed by atoms with van der Waals surface area (Å²) in [6.07, 6.45) is -0.462. The zero-order valence-corrected chi connectivity index (χ0v) is 15.9. The number of alkyl carbamates (subject to hydrolysis) is 1. The third-order valence-corrected chi connectivity index (χ3v) is 4.51. The Morgan fingerprint density at radius 2 is 1.46 bits per heavy atom. The van der Waals surface area contributed by atoms with E-state index in [0.29, 0.717) is 10.6 Å². The van der Waals surface area contributed by atoms with Crippen LogP contribution in [0.2, 0.25) is 5.02 Å². The lowest BCUT2D eigenvalue weighted by Crippen LogP contribution is -2.30. The largest absolute Gasteiger partial charge is 0.445 e. The van der Waals surface area contributed by atoms with Crippen molar-refractivity contribution in [1.29, 1.82) is 0 Å². The average Bonchev–Trinajstić information content (AvgIpc) is 2.74. The van der Waals surface area contributed by atoms with Gasteiger partial charge in [0.15, 0.2) is 5.78 Å². The van der Waals surface area contributed by atoms with Crippen molar-refractivity contribution in [1.82, 2.24) is 5.32 Å². The molecule has 0 heterocycles. The summed E-state index contributed by atoms with van der Waals surface area (Å²) < 4.78 is 5.30. The Balaban J connectivity index is 1.69. The first-order chi connectivity index (χ1) is 13.6. The first-order valence-electron chi connectivity index (χ1n) is 8.93. The monoisotopic (exact) mass is 393 g/mol. The van der Waals surface area contributed by atoms with Crippen molar-refractivity contribution in [2.45, 2.75) is 19.1 Å². The Hall–Kier alpha value is -3.11. The van der Waals surface area contributed by atoms with Gasteiger partial charge in [0.05, 0.1) is 6.04 Å². The smallest absolute Gasteiger partial charge is 0.407 e. The van der Waals surface area contributed by atoms with Gasteiger partial charge in [-0.25, -0.2) is 4.79 Å². The van der Waals surface area contributed by atoms with Gasteiger partial charge in [-0.15, -0.1) is 0 Å². The minimum absolute atomic E-state index is 0.0658. The van der Waals surface area contributed by atoms with E-state index in [2.05, 4.69) is 5.32 Å². The number of Topliss-reactive ketones (excluding diaryl/α,β-unsaturated/α-hetero) is 1. The third-order valence-electron chi connectivity index (χ3n) is 4.26. The molecule has 0 radical (unpaired) electrons. The predicted molar refractivity (Wildman–Crippen MR) is 109 cm³/mol. The van der Waals surface area contributed by atoms with E-state index >= 15 is 0 Å². The lowest BCUT2D eigenvalue weighted by molar-refractivity contribution is 0.0963. The van der Waals surface area contributed by atoms with Crippen LogP contribution in [0.15, 0.2) is 84.9 Å². The quantitative estimate of drug-likeness (QED) is 0.533. The Bertz CT molecular complexity index is 912. The molecule has 1 unspecified atom stereocenters. The number of ketones is 1. The Morgan fingerprint density at radius 3 is 2.11 bits per heavy atom. The molecule has 142 valence electrons. The Kier molecular flexibility index (Phi) is 6.82. The molecule has 1 atom stereocenters. The van der Waals surface area contributed by atoms with E-state index in [4.69, 9.17) is 16.3 Å². The first-order valence-corrected chi connectivity index (χ1v) is 9.30. The van der Waals surface area contributed by atoms with Gasteiger partial charge >= 0.3 is 6.09 Å². The summed E-state index contributed by atoms with van der Waals surface area (Å²) in [4.78, 5) is 25.0. The highest BCUT2D eigenvalue weighted by Gasteiger charge is 2.20. The van der Waals surface area contributed by atoms with Gasteiger partial charge in [-0.3, -0.25) is 4.79 Å². The number of nitrogens with one attached hydrogen (secondary N) is 1. The van der Waals surface area contributed by atoms with Crippen LogP contribution in [0, 0.1) is 0 Å². The summed E-state index contributed by atoms with van der Waals surface area (Å²) in [7, 11) is 0. The maximum atomic E-state index is 12.6. The molecule has 0 aliphatic heterocycles. The van der Waals surface area contributed by atoms with Crippen molar-refractivity contribution in [2.24, 2.45) is 0 Å². The molecular weight excluding hydrogens is 374 g/mol. The third kappa shape index (κ3) is 5.69. The van der Waals surface area contributed by atoms with Crippen molar-refractivity contribution in [2.75, 3.05) is 0 Å². The number of hydrogen-bond acceptors (Lipinski definition) is 3. The molecule has 0 saturated carbocycles. The van der Waals surface area contributed by atoms with Crippen molar-refractivity contribution >= 4 is 23.5 Å². The molecule has 0 saturated heterocycles.